The van der Waals surface area contributed by atoms with Crippen LogP contribution < -0.4 is 14.8 Å². The van der Waals surface area contributed by atoms with Gasteiger partial charge in [0.1, 0.15) is 11.5 Å². The summed E-state index contributed by atoms with van der Waals surface area (Å²) in [5, 5.41) is 11.6. The first-order chi connectivity index (χ1) is 11.1. The molecule has 2 rings (SSSR count). The summed E-state index contributed by atoms with van der Waals surface area (Å²) in [5.41, 5.74) is 1.15. The molecule has 0 aliphatic carbocycles. The Morgan fingerprint density at radius 1 is 1.22 bits per heavy atom. The molecular formula is C18H18N2O3. The number of ether oxygens (including phenoxy) is 2. The van der Waals surface area contributed by atoms with Crippen LogP contribution in [0.1, 0.15) is 19.4 Å². The van der Waals surface area contributed by atoms with E-state index in [0.29, 0.717) is 23.6 Å². The number of anilines is 1. The molecular weight excluding hydrogens is 292 g/mol. The van der Waals surface area contributed by atoms with E-state index in [0.717, 1.165) is 5.75 Å². The van der Waals surface area contributed by atoms with Gasteiger partial charge in [0, 0.05) is 5.69 Å². The highest BCUT2D eigenvalue weighted by Gasteiger charge is 2.15. The van der Waals surface area contributed by atoms with Gasteiger partial charge in [-0.05, 0) is 56.3 Å². The van der Waals surface area contributed by atoms with Crippen molar-refractivity contribution in [2.75, 3.05) is 11.9 Å². The minimum Gasteiger partial charge on any atom is -0.494 e. The van der Waals surface area contributed by atoms with Crippen LogP contribution in [0.4, 0.5) is 5.69 Å². The maximum atomic E-state index is 12.1. The molecule has 2 aromatic carbocycles. The lowest BCUT2D eigenvalue weighted by atomic mass is 10.2. The maximum Gasteiger partial charge on any atom is 0.265 e. The topological polar surface area (TPSA) is 71.3 Å². The molecule has 1 amide bonds. The first-order valence-corrected chi connectivity index (χ1v) is 7.33. The highest BCUT2D eigenvalue weighted by Crippen LogP contribution is 2.17. The maximum absolute atomic E-state index is 12.1. The van der Waals surface area contributed by atoms with Gasteiger partial charge in [-0.2, -0.15) is 5.26 Å². The van der Waals surface area contributed by atoms with E-state index in [4.69, 9.17) is 14.7 Å². The van der Waals surface area contributed by atoms with Crippen LogP contribution in [0.15, 0.2) is 48.5 Å². The van der Waals surface area contributed by atoms with Crippen LogP contribution in [-0.2, 0) is 4.79 Å². The molecule has 0 saturated carbocycles. The summed E-state index contributed by atoms with van der Waals surface area (Å²) in [7, 11) is 0. The van der Waals surface area contributed by atoms with Crippen LogP contribution in [0, 0.1) is 11.3 Å². The molecule has 1 atom stereocenters. The molecule has 0 radical (unpaired) electrons. The Labute approximate surface area is 135 Å². The molecule has 0 spiro atoms. The highest BCUT2D eigenvalue weighted by atomic mass is 16.5. The number of hydrogen-bond donors (Lipinski definition) is 1. The molecule has 1 unspecified atom stereocenters. The van der Waals surface area contributed by atoms with Crippen molar-refractivity contribution < 1.29 is 14.3 Å². The van der Waals surface area contributed by atoms with E-state index in [9.17, 15) is 4.79 Å². The number of rotatable bonds is 6. The number of hydrogen-bond acceptors (Lipinski definition) is 4. The quantitative estimate of drug-likeness (QED) is 0.888. The Bertz CT molecular complexity index is 705. The SMILES string of the molecule is CCOc1ccc(NC(=O)C(C)Oc2cccc(C#N)c2)cc1. The smallest absolute Gasteiger partial charge is 0.265 e. The fraction of sp³-hybridized carbons (Fsp3) is 0.222. The summed E-state index contributed by atoms with van der Waals surface area (Å²) < 4.78 is 10.9. The van der Waals surface area contributed by atoms with Crippen molar-refractivity contribution >= 4 is 11.6 Å². The van der Waals surface area contributed by atoms with Crippen LogP contribution in [0.2, 0.25) is 0 Å². The average Bonchev–Trinajstić information content (AvgIpc) is 2.57. The standard InChI is InChI=1S/C18H18N2O3/c1-3-22-16-9-7-15(8-10-16)20-18(21)13(2)23-17-6-4-5-14(11-17)12-19/h4-11,13H,3H2,1-2H3,(H,20,21). The van der Waals surface area contributed by atoms with Gasteiger partial charge < -0.3 is 14.8 Å². The summed E-state index contributed by atoms with van der Waals surface area (Å²) >= 11 is 0. The van der Waals surface area contributed by atoms with E-state index < -0.39 is 6.10 Å². The Morgan fingerprint density at radius 3 is 2.61 bits per heavy atom. The van der Waals surface area contributed by atoms with Gasteiger partial charge in [0.25, 0.3) is 5.91 Å². The summed E-state index contributed by atoms with van der Waals surface area (Å²) in [6, 6.07) is 15.9. The van der Waals surface area contributed by atoms with Crippen LogP contribution in [0.3, 0.4) is 0 Å². The number of amides is 1. The van der Waals surface area contributed by atoms with Crippen molar-refractivity contribution in [2.24, 2.45) is 0 Å². The molecule has 2 aromatic rings. The molecule has 0 fully saturated rings. The summed E-state index contributed by atoms with van der Waals surface area (Å²) in [4.78, 5) is 12.1. The molecule has 23 heavy (non-hydrogen) atoms. The minimum absolute atomic E-state index is 0.267. The summed E-state index contributed by atoms with van der Waals surface area (Å²) in [6.45, 7) is 4.16. The van der Waals surface area contributed by atoms with E-state index in [1.165, 1.54) is 0 Å². The Kier molecular flexibility index (Phi) is 5.59. The van der Waals surface area contributed by atoms with Crippen molar-refractivity contribution in [1.29, 1.82) is 5.26 Å². The number of carbonyl (C=O) groups excluding carboxylic acids is 1. The zero-order valence-corrected chi connectivity index (χ0v) is 13.1. The highest BCUT2D eigenvalue weighted by molar-refractivity contribution is 5.94. The molecule has 0 saturated heterocycles. The van der Waals surface area contributed by atoms with Crippen molar-refractivity contribution in [3.63, 3.8) is 0 Å². The average molecular weight is 310 g/mol. The number of benzene rings is 2. The fourth-order valence-corrected chi connectivity index (χ4v) is 1.94. The van der Waals surface area contributed by atoms with Crippen molar-refractivity contribution in [3.05, 3.63) is 54.1 Å². The zero-order valence-electron chi connectivity index (χ0n) is 13.1. The molecule has 0 heterocycles. The lowest BCUT2D eigenvalue weighted by molar-refractivity contribution is -0.122. The molecule has 5 heteroatoms. The number of carbonyl (C=O) groups is 1. The van der Waals surface area contributed by atoms with E-state index in [1.807, 2.05) is 13.0 Å². The van der Waals surface area contributed by atoms with Crippen molar-refractivity contribution in [1.82, 2.24) is 0 Å². The molecule has 1 N–H and O–H groups in total. The van der Waals surface area contributed by atoms with Crippen molar-refractivity contribution in [2.45, 2.75) is 20.0 Å². The molecule has 5 nitrogen and oxygen atoms in total. The summed E-state index contributed by atoms with van der Waals surface area (Å²) in [5.74, 6) is 0.970. The van der Waals surface area contributed by atoms with Crippen LogP contribution in [0.5, 0.6) is 11.5 Å². The Hall–Kier alpha value is -3.00. The van der Waals surface area contributed by atoms with Gasteiger partial charge in [0.15, 0.2) is 6.10 Å². The number of nitrogens with zero attached hydrogens (tertiary/aromatic N) is 1. The second kappa shape index (κ2) is 7.85. The zero-order chi connectivity index (χ0) is 16.7. The third kappa shape index (κ3) is 4.75. The number of nitriles is 1. The minimum atomic E-state index is -0.685. The largest absolute Gasteiger partial charge is 0.494 e. The predicted molar refractivity (Wildman–Crippen MR) is 87.5 cm³/mol. The molecule has 0 aromatic heterocycles. The summed E-state index contributed by atoms with van der Waals surface area (Å²) in [6.07, 6.45) is -0.685. The van der Waals surface area contributed by atoms with E-state index in [2.05, 4.69) is 5.32 Å². The van der Waals surface area contributed by atoms with Gasteiger partial charge in [-0.25, -0.2) is 0 Å². The van der Waals surface area contributed by atoms with Crippen LogP contribution in [-0.4, -0.2) is 18.6 Å². The van der Waals surface area contributed by atoms with Crippen LogP contribution in [0.25, 0.3) is 0 Å². The lowest BCUT2D eigenvalue weighted by Gasteiger charge is -2.15. The van der Waals surface area contributed by atoms with Gasteiger partial charge in [-0.15, -0.1) is 0 Å². The van der Waals surface area contributed by atoms with E-state index in [1.54, 1.807) is 55.5 Å². The monoisotopic (exact) mass is 310 g/mol. The van der Waals surface area contributed by atoms with Gasteiger partial charge >= 0.3 is 0 Å². The second-order valence-electron chi connectivity index (χ2n) is 4.85. The van der Waals surface area contributed by atoms with Gasteiger partial charge in [0.2, 0.25) is 0 Å². The molecule has 0 aliphatic heterocycles. The Morgan fingerprint density at radius 2 is 1.96 bits per heavy atom. The second-order valence-corrected chi connectivity index (χ2v) is 4.85. The normalized spacial score (nSPS) is 11.2. The Balaban J connectivity index is 1.95. The fourth-order valence-electron chi connectivity index (χ4n) is 1.94. The first kappa shape index (κ1) is 16.4. The predicted octanol–water partition coefficient (Wildman–Crippen LogP) is 3.36. The first-order valence-electron chi connectivity index (χ1n) is 7.33. The van der Waals surface area contributed by atoms with Crippen LogP contribution >= 0.6 is 0 Å². The van der Waals surface area contributed by atoms with Gasteiger partial charge in [-0.1, -0.05) is 6.07 Å². The number of nitrogens with one attached hydrogen (secondary N) is 1. The van der Waals surface area contributed by atoms with Crippen molar-refractivity contribution in [3.8, 4) is 17.6 Å². The molecule has 118 valence electrons. The molecule has 0 bridgehead atoms. The molecule has 0 aliphatic rings. The van der Waals surface area contributed by atoms with E-state index in [-0.39, 0.29) is 5.91 Å². The van der Waals surface area contributed by atoms with E-state index >= 15 is 0 Å². The third-order valence-electron chi connectivity index (χ3n) is 3.08. The lowest BCUT2D eigenvalue weighted by Crippen LogP contribution is -2.30. The van der Waals surface area contributed by atoms with Gasteiger partial charge in [0.05, 0.1) is 18.2 Å². The van der Waals surface area contributed by atoms with Gasteiger partial charge in [-0.3, -0.25) is 4.79 Å². The third-order valence-corrected chi connectivity index (χ3v) is 3.08.